The molecule has 0 aliphatic heterocycles. The van der Waals surface area contributed by atoms with E-state index >= 15 is 0 Å². The van der Waals surface area contributed by atoms with Crippen LogP contribution in [0, 0.1) is 0 Å². The molecule has 0 aromatic heterocycles. The Balaban J connectivity index is 2.07. The van der Waals surface area contributed by atoms with Crippen LogP contribution < -0.4 is 15.0 Å². The fraction of sp³-hybridized carbons (Fsp3) is 0.176. The third-order valence-electron chi connectivity index (χ3n) is 3.19. The van der Waals surface area contributed by atoms with Crippen LogP contribution in [-0.2, 0) is 9.59 Å². The van der Waals surface area contributed by atoms with Crippen LogP contribution in [0.4, 0.5) is 11.4 Å². The number of anilines is 2. The van der Waals surface area contributed by atoms with Gasteiger partial charge in [-0.05, 0) is 48.5 Å². The van der Waals surface area contributed by atoms with E-state index in [0.29, 0.717) is 17.1 Å². The summed E-state index contributed by atoms with van der Waals surface area (Å²) in [6.07, 6.45) is 0. The number of halogens is 1. The number of rotatable bonds is 5. The summed E-state index contributed by atoms with van der Waals surface area (Å²) >= 11 is 3.34. The molecule has 0 unspecified atom stereocenters. The SMILES string of the molecule is COc1ccc(N(CC(=O)Nc2ccc(Br)cc2)C(C)=O)cc1. The zero-order valence-electron chi connectivity index (χ0n) is 12.9. The molecule has 0 radical (unpaired) electrons. The summed E-state index contributed by atoms with van der Waals surface area (Å²) in [4.78, 5) is 25.4. The molecule has 0 spiro atoms. The Bertz CT molecular complexity index is 684. The monoisotopic (exact) mass is 376 g/mol. The fourth-order valence-electron chi connectivity index (χ4n) is 2.02. The van der Waals surface area contributed by atoms with Crippen LogP contribution in [0.1, 0.15) is 6.92 Å². The van der Waals surface area contributed by atoms with Crippen LogP contribution in [-0.4, -0.2) is 25.5 Å². The molecule has 6 heteroatoms. The third-order valence-corrected chi connectivity index (χ3v) is 3.72. The number of hydrogen-bond acceptors (Lipinski definition) is 3. The second kappa shape index (κ2) is 7.78. The van der Waals surface area contributed by atoms with Crippen molar-refractivity contribution in [2.45, 2.75) is 6.92 Å². The summed E-state index contributed by atoms with van der Waals surface area (Å²) in [5, 5.41) is 2.77. The number of benzene rings is 2. The molecule has 0 bridgehead atoms. The lowest BCUT2D eigenvalue weighted by Crippen LogP contribution is -2.36. The maximum absolute atomic E-state index is 12.2. The molecule has 2 amide bonds. The Morgan fingerprint density at radius 1 is 1.09 bits per heavy atom. The molecule has 2 aromatic rings. The van der Waals surface area contributed by atoms with Crippen LogP contribution in [0.5, 0.6) is 5.75 Å². The Kier molecular flexibility index (Phi) is 5.76. The van der Waals surface area contributed by atoms with Gasteiger partial charge in [0, 0.05) is 22.8 Å². The molecule has 120 valence electrons. The minimum Gasteiger partial charge on any atom is -0.497 e. The lowest BCUT2D eigenvalue weighted by molar-refractivity contribution is -0.120. The van der Waals surface area contributed by atoms with E-state index < -0.39 is 0 Å². The third kappa shape index (κ3) is 4.82. The van der Waals surface area contributed by atoms with Crippen LogP contribution in [0.25, 0.3) is 0 Å². The van der Waals surface area contributed by atoms with Gasteiger partial charge in [-0.15, -0.1) is 0 Å². The van der Waals surface area contributed by atoms with Crippen molar-refractivity contribution in [3.8, 4) is 5.75 Å². The topological polar surface area (TPSA) is 58.6 Å². The quantitative estimate of drug-likeness (QED) is 0.869. The van der Waals surface area contributed by atoms with E-state index in [1.165, 1.54) is 11.8 Å². The average Bonchev–Trinajstić information content (AvgIpc) is 2.55. The van der Waals surface area contributed by atoms with E-state index in [0.717, 1.165) is 4.47 Å². The predicted octanol–water partition coefficient (Wildman–Crippen LogP) is 3.45. The predicted molar refractivity (Wildman–Crippen MR) is 93.8 cm³/mol. The standard InChI is InChI=1S/C17H17BrN2O3/c1-12(21)20(15-7-9-16(23-2)10-8-15)11-17(22)19-14-5-3-13(18)4-6-14/h3-10H,11H2,1-2H3,(H,19,22). The molecular weight excluding hydrogens is 360 g/mol. The normalized spacial score (nSPS) is 10.0. The highest BCUT2D eigenvalue weighted by Gasteiger charge is 2.16. The molecular formula is C17H17BrN2O3. The first kappa shape index (κ1) is 17.0. The van der Waals surface area contributed by atoms with Crippen molar-refractivity contribution in [3.63, 3.8) is 0 Å². The first-order chi connectivity index (χ1) is 11.0. The van der Waals surface area contributed by atoms with Crippen LogP contribution in [0.3, 0.4) is 0 Å². The first-order valence-corrected chi connectivity index (χ1v) is 7.76. The van der Waals surface area contributed by atoms with Crippen molar-refractivity contribution >= 4 is 39.1 Å². The summed E-state index contributed by atoms with van der Waals surface area (Å²) < 4.78 is 6.02. The van der Waals surface area contributed by atoms with Gasteiger partial charge in [0.25, 0.3) is 0 Å². The van der Waals surface area contributed by atoms with E-state index in [4.69, 9.17) is 4.74 Å². The Morgan fingerprint density at radius 2 is 1.70 bits per heavy atom. The molecule has 2 aromatic carbocycles. The molecule has 0 heterocycles. The summed E-state index contributed by atoms with van der Waals surface area (Å²) in [6, 6.07) is 14.2. The Labute approximate surface area is 143 Å². The molecule has 5 nitrogen and oxygen atoms in total. The number of nitrogens with one attached hydrogen (secondary N) is 1. The number of methoxy groups -OCH3 is 1. The molecule has 0 saturated carbocycles. The van der Waals surface area contributed by atoms with E-state index in [1.807, 2.05) is 12.1 Å². The molecule has 0 aliphatic carbocycles. The Morgan fingerprint density at radius 3 is 2.22 bits per heavy atom. The molecule has 2 rings (SSSR count). The number of carbonyl (C=O) groups is 2. The summed E-state index contributed by atoms with van der Waals surface area (Å²) in [6.45, 7) is 1.37. The first-order valence-electron chi connectivity index (χ1n) is 6.97. The van der Waals surface area contributed by atoms with E-state index in [1.54, 1.807) is 43.5 Å². The second-order valence-electron chi connectivity index (χ2n) is 4.86. The largest absolute Gasteiger partial charge is 0.497 e. The van der Waals surface area contributed by atoms with Gasteiger partial charge in [0.15, 0.2) is 0 Å². The molecule has 23 heavy (non-hydrogen) atoms. The van der Waals surface area contributed by atoms with Gasteiger partial charge in [0.05, 0.1) is 7.11 Å². The van der Waals surface area contributed by atoms with Crippen LogP contribution in [0.2, 0.25) is 0 Å². The van der Waals surface area contributed by atoms with Gasteiger partial charge in [-0.1, -0.05) is 15.9 Å². The number of nitrogens with zero attached hydrogens (tertiary/aromatic N) is 1. The average molecular weight is 377 g/mol. The van der Waals surface area contributed by atoms with Crippen molar-refractivity contribution in [1.82, 2.24) is 0 Å². The molecule has 0 fully saturated rings. The zero-order chi connectivity index (χ0) is 16.8. The minimum atomic E-state index is -0.265. The summed E-state index contributed by atoms with van der Waals surface area (Å²) in [5.74, 6) is 0.219. The summed E-state index contributed by atoms with van der Waals surface area (Å²) in [7, 11) is 1.57. The maximum Gasteiger partial charge on any atom is 0.244 e. The lowest BCUT2D eigenvalue weighted by atomic mass is 10.2. The van der Waals surface area contributed by atoms with Crippen molar-refractivity contribution in [1.29, 1.82) is 0 Å². The highest BCUT2D eigenvalue weighted by atomic mass is 79.9. The summed E-state index contributed by atoms with van der Waals surface area (Å²) in [5.41, 5.74) is 1.32. The van der Waals surface area contributed by atoms with Gasteiger partial charge in [0.2, 0.25) is 11.8 Å². The number of carbonyl (C=O) groups excluding carboxylic acids is 2. The smallest absolute Gasteiger partial charge is 0.244 e. The van der Waals surface area contributed by atoms with Crippen molar-refractivity contribution < 1.29 is 14.3 Å². The van der Waals surface area contributed by atoms with Gasteiger partial charge in [-0.2, -0.15) is 0 Å². The Hall–Kier alpha value is -2.34. The second-order valence-corrected chi connectivity index (χ2v) is 5.77. The minimum absolute atomic E-state index is 0.0578. The molecule has 1 N–H and O–H groups in total. The molecule has 0 atom stereocenters. The van der Waals surface area contributed by atoms with Gasteiger partial charge >= 0.3 is 0 Å². The highest BCUT2D eigenvalue weighted by Crippen LogP contribution is 2.20. The van der Waals surface area contributed by atoms with Crippen LogP contribution in [0.15, 0.2) is 53.0 Å². The maximum atomic E-state index is 12.2. The van der Waals surface area contributed by atoms with E-state index in [2.05, 4.69) is 21.2 Å². The van der Waals surface area contributed by atoms with Gasteiger partial charge in [-0.25, -0.2) is 0 Å². The molecule has 0 aliphatic rings. The van der Waals surface area contributed by atoms with Gasteiger partial charge in [-0.3, -0.25) is 9.59 Å². The number of ether oxygens (including phenoxy) is 1. The van der Waals surface area contributed by atoms with E-state index in [-0.39, 0.29) is 18.4 Å². The van der Waals surface area contributed by atoms with Crippen LogP contribution >= 0.6 is 15.9 Å². The van der Waals surface area contributed by atoms with Crippen molar-refractivity contribution in [2.75, 3.05) is 23.9 Å². The lowest BCUT2D eigenvalue weighted by Gasteiger charge is -2.21. The fourth-order valence-corrected chi connectivity index (χ4v) is 2.29. The molecule has 0 saturated heterocycles. The van der Waals surface area contributed by atoms with Gasteiger partial charge < -0.3 is 15.0 Å². The highest BCUT2D eigenvalue weighted by molar-refractivity contribution is 9.10. The van der Waals surface area contributed by atoms with Crippen molar-refractivity contribution in [3.05, 3.63) is 53.0 Å². The van der Waals surface area contributed by atoms with E-state index in [9.17, 15) is 9.59 Å². The number of amides is 2. The number of hydrogen-bond donors (Lipinski definition) is 1. The zero-order valence-corrected chi connectivity index (χ0v) is 14.5. The van der Waals surface area contributed by atoms with Crippen molar-refractivity contribution in [2.24, 2.45) is 0 Å². The van der Waals surface area contributed by atoms with Gasteiger partial charge in [0.1, 0.15) is 12.3 Å².